The second kappa shape index (κ2) is 2.30. The van der Waals surface area contributed by atoms with Crippen molar-refractivity contribution < 1.29 is 4.79 Å². The third-order valence-electron chi connectivity index (χ3n) is 1.55. The molecule has 0 spiro atoms. The number of hydrogen-bond donors (Lipinski definition) is 1. The summed E-state index contributed by atoms with van der Waals surface area (Å²) in [4.78, 5) is 18.5. The predicted molar refractivity (Wildman–Crippen MR) is 41.6 cm³/mol. The molecule has 2 aliphatic heterocycles. The first kappa shape index (κ1) is 6.78. The van der Waals surface area contributed by atoms with Gasteiger partial charge in [0, 0.05) is 18.0 Å². The lowest BCUT2D eigenvalue weighted by molar-refractivity contribution is 0.250. The molecule has 0 aliphatic carbocycles. The van der Waals surface area contributed by atoms with Gasteiger partial charge in [-0.2, -0.15) is 0 Å². The average molecular weight is 162 g/mol. The summed E-state index contributed by atoms with van der Waals surface area (Å²) < 4.78 is 1.21. The quantitative estimate of drug-likeness (QED) is 0.605. The van der Waals surface area contributed by atoms with Crippen molar-refractivity contribution in [3.8, 4) is 11.4 Å². The first-order valence-corrected chi connectivity index (χ1v) is 3.36. The van der Waals surface area contributed by atoms with E-state index in [4.69, 9.17) is 5.73 Å². The van der Waals surface area contributed by atoms with Gasteiger partial charge in [-0.25, -0.2) is 14.8 Å². The minimum Gasteiger partial charge on any atom is -0.351 e. The predicted octanol–water partition coefficient (Wildman–Crippen LogP) is 0.310. The summed E-state index contributed by atoms with van der Waals surface area (Å²) in [6.45, 7) is 0. The Bertz CT molecular complexity index is 394. The number of nitrogens with zero attached hydrogens (tertiary/aromatic N) is 3. The van der Waals surface area contributed by atoms with Crippen molar-refractivity contribution >= 4 is 6.03 Å². The van der Waals surface area contributed by atoms with Crippen LogP contribution in [0.5, 0.6) is 0 Å². The molecule has 2 aliphatic rings. The van der Waals surface area contributed by atoms with E-state index in [2.05, 4.69) is 9.97 Å². The van der Waals surface area contributed by atoms with Crippen molar-refractivity contribution in [2.24, 2.45) is 5.73 Å². The van der Waals surface area contributed by atoms with Crippen LogP contribution >= 0.6 is 0 Å². The van der Waals surface area contributed by atoms with Crippen LogP contribution in [0.25, 0.3) is 11.4 Å². The molecule has 0 fully saturated rings. The molecule has 60 valence electrons. The van der Waals surface area contributed by atoms with Gasteiger partial charge in [0.25, 0.3) is 0 Å². The van der Waals surface area contributed by atoms with Gasteiger partial charge in [-0.15, -0.1) is 0 Å². The number of aromatic nitrogens is 3. The van der Waals surface area contributed by atoms with E-state index in [0.717, 1.165) is 5.56 Å². The number of rotatable bonds is 0. The Kier molecular flexibility index (Phi) is 1.30. The number of nitrogens with two attached hydrogens (primary N) is 1. The third kappa shape index (κ3) is 0.914. The molecule has 5 nitrogen and oxygen atoms in total. The van der Waals surface area contributed by atoms with E-state index in [-0.39, 0.29) is 0 Å². The van der Waals surface area contributed by atoms with Gasteiger partial charge in [0.05, 0.1) is 0 Å². The SMILES string of the molecule is NC(=O)n1cnc2nccc-2c1. The minimum absolute atomic E-state index is 0.550. The van der Waals surface area contributed by atoms with E-state index in [1.807, 2.05) is 0 Å². The summed E-state index contributed by atoms with van der Waals surface area (Å²) in [5, 5.41) is 0. The van der Waals surface area contributed by atoms with Crippen LogP contribution in [-0.4, -0.2) is 20.6 Å². The maximum Gasteiger partial charge on any atom is 0.324 e. The summed E-state index contributed by atoms with van der Waals surface area (Å²) in [5.74, 6) is 0.618. The Labute approximate surface area is 68.2 Å². The van der Waals surface area contributed by atoms with Gasteiger partial charge < -0.3 is 5.73 Å². The summed E-state index contributed by atoms with van der Waals surface area (Å²) in [7, 11) is 0. The Hall–Kier alpha value is -1.91. The van der Waals surface area contributed by atoms with Crippen molar-refractivity contribution in [1.29, 1.82) is 0 Å². The molecule has 0 atom stereocenters. The van der Waals surface area contributed by atoms with Crippen molar-refractivity contribution in [3.63, 3.8) is 0 Å². The fraction of sp³-hybridized carbons (Fsp3) is 0. The van der Waals surface area contributed by atoms with Gasteiger partial charge in [-0.3, -0.25) is 4.57 Å². The molecule has 0 aromatic rings. The number of hydrogen-bond acceptors (Lipinski definition) is 3. The molecule has 0 radical (unpaired) electrons. The maximum absolute atomic E-state index is 10.7. The van der Waals surface area contributed by atoms with E-state index >= 15 is 0 Å². The summed E-state index contributed by atoms with van der Waals surface area (Å²) in [5.41, 5.74) is 5.84. The molecule has 0 aromatic carbocycles. The second-order valence-electron chi connectivity index (χ2n) is 2.34. The first-order chi connectivity index (χ1) is 5.77. The summed E-state index contributed by atoms with van der Waals surface area (Å²) in [6, 6.07) is 1.22. The molecule has 1 amide bonds. The number of carbonyl (C=O) groups excluding carboxylic acids is 1. The number of carbonyl (C=O) groups is 1. The van der Waals surface area contributed by atoms with E-state index in [1.54, 1.807) is 18.5 Å². The van der Waals surface area contributed by atoms with Crippen LogP contribution in [0.15, 0.2) is 24.8 Å². The minimum atomic E-state index is -0.550. The zero-order valence-corrected chi connectivity index (χ0v) is 6.14. The molecule has 5 heteroatoms. The fourth-order valence-electron chi connectivity index (χ4n) is 0.966. The largest absolute Gasteiger partial charge is 0.351 e. The highest BCUT2D eigenvalue weighted by Gasteiger charge is 2.06. The van der Waals surface area contributed by atoms with Crippen LogP contribution in [0.2, 0.25) is 0 Å². The lowest BCUT2D eigenvalue weighted by Crippen LogP contribution is -2.19. The highest BCUT2D eigenvalue weighted by molar-refractivity contribution is 5.75. The Morgan fingerprint density at radius 2 is 2.33 bits per heavy atom. The average Bonchev–Trinajstić information content (AvgIpc) is 2.49. The highest BCUT2D eigenvalue weighted by atomic mass is 16.2. The fourth-order valence-corrected chi connectivity index (χ4v) is 0.966. The van der Waals surface area contributed by atoms with Crippen molar-refractivity contribution in [1.82, 2.24) is 14.5 Å². The van der Waals surface area contributed by atoms with Crippen LogP contribution in [0.4, 0.5) is 4.79 Å². The molecular formula is C7H6N4O. The Morgan fingerprint density at radius 1 is 1.50 bits per heavy atom. The van der Waals surface area contributed by atoms with E-state index in [1.165, 1.54) is 10.9 Å². The molecule has 0 bridgehead atoms. The Morgan fingerprint density at radius 3 is 3.08 bits per heavy atom. The van der Waals surface area contributed by atoms with Gasteiger partial charge in [0.2, 0.25) is 0 Å². The van der Waals surface area contributed by atoms with Crippen molar-refractivity contribution in [2.45, 2.75) is 0 Å². The van der Waals surface area contributed by atoms with Gasteiger partial charge >= 0.3 is 6.03 Å². The molecule has 0 unspecified atom stereocenters. The lowest BCUT2D eigenvalue weighted by atomic mass is 10.3. The van der Waals surface area contributed by atoms with Gasteiger partial charge in [-0.05, 0) is 6.07 Å². The van der Waals surface area contributed by atoms with Crippen LogP contribution < -0.4 is 5.73 Å². The molecular weight excluding hydrogens is 156 g/mol. The van der Waals surface area contributed by atoms with Crippen LogP contribution in [0.1, 0.15) is 0 Å². The van der Waals surface area contributed by atoms with Gasteiger partial charge in [0.1, 0.15) is 6.33 Å². The monoisotopic (exact) mass is 162 g/mol. The maximum atomic E-state index is 10.7. The highest BCUT2D eigenvalue weighted by Crippen LogP contribution is 2.14. The van der Waals surface area contributed by atoms with Crippen LogP contribution in [0.3, 0.4) is 0 Å². The molecule has 2 N–H and O–H groups in total. The molecule has 0 saturated heterocycles. The van der Waals surface area contributed by atoms with Crippen molar-refractivity contribution in [2.75, 3.05) is 0 Å². The van der Waals surface area contributed by atoms with Gasteiger partial charge in [-0.1, -0.05) is 0 Å². The standard InChI is InChI=1S/C7H6N4O/c8-7(12)11-3-5-1-2-9-6(5)10-4-11/h1-4H,(H2,8,12). The summed E-state index contributed by atoms with van der Waals surface area (Å²) in [6.07, 6.45) is 4.57. The van der Waals surface area contributed by atoms with E-state index < -0.39 is 6.03 Å². The zero-order chi connectivity index (χ0) is 8.55. The molecule has 2 rings (SSSR count). The summed E-state index contributed by atoms with van der Waals surface area (Å²) >= 11 is 0. The third-order valence-corrected chi connectivity index (χ3v) is 1.55. The molecule has 12 heavy (non-hydrogen) atoms. The first-order valence-electron chi connectivity index (χ1n) is 3.36. The van der Waals surface area contributed by atoms with Crippen LogP contribution in [0, 0.1) is 0 Å². The Balaban J connectivity index is 2.62. The van der Waals surface area contributed by atoms with Gasteiger partial charge in [0.15, 0.2) is 5.82 Å². The molecule has 0 saturated carbocycles. The lowest BCUT2D eigenvalue weighted by Gasteiger charge is -2.01. The number of primary amides is 1. The molecule has 0 aromatic heterocycles. The normalized spacial score (nSPS) is 10.3. The second-order valence-corrected chi connectivity index (χ2v) is 2.34. The van der Waals surface area contributed by atoms with Crippen molar-refractivity contribution in [3.05, 3.63) is 24.8 Å². The zero-order valence-electron chi connectivity index (χ0n) is 6.14. The smallest absolute Gasteiger partial charge is 0.324 e. The van der Waals surface area contributed by atoms with Crippen LogP contribution in [-0.2, 0) is 0 Å². The van der Waals surface area contributed by atoms with E-state index in [9.17, 15) is 4.79 Å². The number of amides is 1. The van der Waals surface area contributed by atoms with E-state index in [0.29, 0.717) is 5.82 Å². The number of fused-ring (bicyclic) bond motifs is 1. The molecule has 2 heterocycles. The topological polar surface area (TPSA) is 73.8 Å².